The Kier molecular flexibility index (Phi) is 3.94. The zero-order valence-corrected chi connectivity index (χ0v) is 10.6. The Morgan fingerprint density at radius 1 is 1.18 bits per heavy atom. The molecule has 17 heavy (non-hydrogen) atoms. The molecule has 0 spiro atoms. The van der Waals surface area contributed by atoms with Gasteiger partial charge in [0.15, 0.2) is 5.78 Å². The van der Waals surface area contributed by atoms with E-state index in [4.69, 9.17) is 0 Å². The summed E-state index contributed by atoms with van der Waals surface area (Å²) in [4.78, 5) is 14.9. The lowest BCUT2D eigenvalue weighted by Crippen LogP contribution is -2.29. The van der Waals surface area contributed by atoms with Gasteiger partial charge >= 0.3 is 0 Å². The predicted octanol–water partition coefficient (Wildman–Crippen LogP) is 3.46. The fourth-order valence-corrected chi connectivity index (χ4v) is 2.37. The summed E-state index contributed by atoms with van der Waals surface area (Å²) in [5, 5.41) is 1.94. The molecule has 0 unspecified atom stereocenters. The molecule has 1 aromatic carbocycles. The lowest BCUT2D eigenvalue weighted by Gasteiger charge is -2.21. The fraction of sp³-hybridized carbons (Fsp3) is 0.214. The first-order chi connectivity index (χ1) is 8.31. The van der Waals surface area contributed by atoms with Crippen LogP contribution in [0.2, 0.25) is 0 Å². The number of hydrogen-bond donors (Lipinski definition) is 0. The normalized spacial score (nSPS) is 10.2. The van der Waals surface area contributed by atoms with Crippen LogP contribution >= 0.6 is 11.3 Å². The van der Waals surface area contributed by atoms with E-state index < -0.39 is 0 Å². The smallest absolute Gasteiger partial charge is 0.191 e. The van der Waals surface area contributed by atoms with Crippen molar-refractivity contribution >= 4 is 22.8 Å². The fourth-order valence-electron chi connectivity index (χ4n) is 1.71. The van der Waals surface area contributed by atoms with E-state index in [-0.39, 0.29) is 5.78 Å². The number of nitrogens with zero attached hydrogens (tertiary/aromatic N) is 1. The summed E-state index contributed by atoms with van der Waals surface area (Å²) >= 11 is 1.50. The molecule has 2 aromatic rings. The third-order valence-corrected chi connectivity index (χ3v) is 3.54. The molecule has 0 N–H and O–H groups in total. The Morgan fingerprint density at radius 3 is 2.53 bits per heavy atom. The van der Waals surface area contributed by atoms with Crippen molar-refractivity contribution in [3.05, 3.63) is 52.7 Å². The van der Waals surface area contributed by atoms with Crippen molar-refractivity contribution in [2.24, 2.45) is 0 Å². The third kappa shape index (κ3) is 2.94. The highest BCUT2D eigenvalue weighted by Crippen LogP contribution is 2.15. The van der Waals surface area contributed by atoms with E-state index >= 15 is 0 Å². The summed E-state index contributed by atoms with van der Waals surface area (Å²) in [6.07, 6.45) is 0. The second kappa shape index (κ2) is 5.64. The molecule has 2 rings (SSSR count). The van der Waals surface area contributed by atoms with Gasteiger partial charge in [0.25, 0.3) is 0 Å². The van der Waals surface area contributed by atoms with Gasteiger partial charge in [-0.25, -0.2) is 0 Å². The average molecular weight is 245 g/mol. The molecule has 2 nitrogen and oxygen atoms in total. The monoisotopic (exact) mass is 245 g/mol. The average Bonchev–Trinajstić information content (AvgIpc) is 2.90. The SMILES string of the molecule is CCN(CC(=O)c1cccs1)c1ccccc1. The Bertz CT molecular complexity index is 464. The second-order valence-corrected chi connectivity index (χ2v) is 4.70. The van der Waals surface area contributed by atoms with Crippen LogP contribution in [0.1, 0.15) is 16.6 Å². The molecular formula is C14H15NOS. The first kappa shape index (κ1) is 11.9. The number of hydrogen-bond acceptors (Lipinski definition) is 3. The van der Waals surface area contributed by atoms with E-state index in [1.807, 2.05) is 47.8 Å². The predicted molar refractivity (Wildman–Crippen MR) is 73.0 cm³/mol. The summed E-state index contributed by atoms with van der Waals surface area (Å²) in [6, 6.07) is 13.8. The topological polar surface area (TPSA) is 20.3 Å². The van der Waals surface area contributed by atoms with Gasteiger partial charge in [0.05, 0.1) is 11.4 Å². The quantitative estimate of drug-likeness (QED) is 0.752. The summed E-state index contributed by atoms with van der Waals surface area (Å²) in [5.74, 6) is 0.186. The van der Waals surface area contributed by atoms with Crippen molar-refractivity contribution in [2.75, 3.05) is 18.0 Å². The van der Waals surface area contributed by atoms with Crippen LogP contribution in [0.25, 0.3) is 0 Å². The van der Waals surface area contributed by atoms with Crippen LogP contribution in [-0.2, 0) is 0 Å². The summed E-state index contributed by atoms with van der Waals surface area (Å²) in [5.41, 5.74) is 1.10. The number of ketones is 1. The summed E-state index contributed by atoms with van der Waals surface area (Å²) in [7, 11) is 0. The molecule has 0 aliphatic rings. The Labute approximate surface area is 106 Å². The molecule has 0 amide bonds. The van der Waals surface area contributed by atoms with Crippen LogP contribution in [0.3, 0.4) is 0 Å². The number of para-hydroxylation sites is 1. The molecule has 1 aromatic heterocycles. The number of carbonyl (C=O) groups excluding carboxylic acids is 1. The number of rotatable bonds is 5. The number of likely N-dealkylation sites (N-methyl/N-ethyl adjacent to an activating group) is 1. The van der Waals surface area contributed by atoms with E-state index in [1.54, 1.807) is 0 Å². The molecule has 0 bridgehead atoms. The van der Waals surface area contributed by atoms with Crippen molar-refractivity contribution in [2.45, 2.75) is 6.92 Å². The van der Waals surface area contributed by atoms with Crippen molar-refractivity contribution in [3.63, 3.8) is 0 Å². The molecular weight excluding hydrogens is 230 g/mol. The van der Waals surface area contributed by atoms with Gasteiger partial charge in [-0.15, -0.1) is 11.3 Å². The highest BCUT2D eigenvalue weighted by Gasteiger charge is 2.12. The van der Waals surface area contributed by atoms with Crippen molar-refractivity contribution < 1.29 is 4.79 Å². The standard InChI is InChI=1S/C14H15NOS/c1-2-15(12-7-4-3-5-8-12)11-13(16)14-9-6-10-17-14/h3-10H,2,11H2,1H3. The maximum absolute atomic E-state index is 12.0. The van der Waals surface area contributed by atoms with Crippen LogP contribution < -0.4 is 4.90 Å². The van der Waals surface area contributed by atoms with Crippen molar-refractivity contribution in [1.29, 1.82) is 0 Å². The van der Waals surface area contributed by atoms with Gasteiger partial charge in [0, 0.05) is 12.2 Å². The Morgan fingerprint density at radius 2 is 1.94 bits per heavy atom. The molecule has 3 heteroatoms. The number of benzene rings is 1. The zero-order chi connectivity index (χ0) is 12.1. The van der Waals surface area contributed by atoms with Crippen LogP contribution in [0, 0.1) is 0 Å². The Balaban J connectivity index is 2.09. The highest BCUT2D eigenvalue weighted by atomic mass is 32.1. The summed E-state index contributed by atoms with van der Waals surface area (Å²) < 4.78 is 0. The molecule has 1 heterocycles. The summed E-state index contributed by atoms with van der Waals surface area (Å²) in [6.45, 7) is 3.34. The van der Waals surface area contributed by atoms with Gasteiger partial charge in [-0.1, -0.05) is 24.3 Å². The molecule has 0 fully saturated rings. The maximum Gasteiger partial charge on any atom is 0.191 e. The first-order valence-corrected chi connectivity index (χ1v) is 6.56. The number of thiophene rings is 1. The Hall–Kier alpha value is -1.61. The molecule has 0 radical (unpaired) electrons. The zero-order valence-electron chi connectivity index (χ0n) is 9.80. The molecule has 0 saturated heterocycles. The second-order valence-electron chi connectivity index (χ2n) is 3.75. The number of carbonyl (C=O) groups is 1. The molecule has 0 atom stereocenters. The van der Waals surface area contributed by atoms with Gasteiger partial charge in [0.1, 0.15) is 0 Å². The van der Waals surface area contributed by atoms with Gasteiger partial charge in [-0.2, -0.15) is 0 Å². The van der Waals surface area contributed by atoms with Crippen LogP contribution in [0.15, 0.2) is 47.8 Å². The minimum Gasteiger partial charge on any atom is -0.364 e. The van der Waals surface area contributed by atoms with E-state index in [1.165, 1.54) is 11.3 Å². The van der Waals surface area contributed by atoms with E-state index in [9.17, 15) is 4.79 Å². The number of Topliss-reactive ketones (excluding diaryl/α,β-unsaturated/α-hetero) is 1. The van der Waals surface area contributed by atoms with Crippen LogP contribution in [-0.4, -0.2) is 18.9 Å². The highest BCUT2D eigenvalue weighted by molar-refractivity contribution is 7.12. The molecule has 0 saturated carbocycles. The lowest BCUT2D eigenvalue weighted by atomic mass is 10.2. The minimum absolute atomic E-state index is 0.186. The van der Waals surface area contributed by atoms with Gasteiger partial charge in [-0.05, 0) is 30.5 Å². The van der Waals surface area contributed by atoms with Crippen molar-refractivity contribution in [3.8, 4) is 0 Å². The van der Waals surface area contributed by atoms with E-state index in [0.29, 0.717) is 6.54 Å². The van der Waals surface area contributed by atoms with Crippen molar-refractivity contribution in [1.82, 2.24) is 0 Å². The van der Waals surface area contributed by atoms with Gasteiger partial charge in [0.2, 0.25) is 0 Å². The van der Waals surface area contributed by atoms with Gasteiger partial charge in [-0.3, -0.25) is 4.79 Å². The first-order valence-electron chi connectivity index (χ1n) is 5.68. The molecule has 88 valence electrons. The number of anilines is 1. The molecule has 0 aliphatic heterocycles. The van der Waals surface area contributed by atoms with Crippen LogP contribution in [0.5, 0.6) is 0 Å². The minimum atomic E-state index is 0.186. The largest absolute Gasteiger partial charge is 0.364 e. The third-order valence-electron chi connectivity index (χ3n) is 2.63. The van der Waals surface area contributed by atoms with E-state index in [2.05, 4.69) is 11.8 Å². The van der Waals surface area contributed by atoms with E-state index in [0.717, 1.165) is 17.1 Å². The maximum atomic E-state index is 12.0. The molecule has 0 aliphatic carbocycles. The van der Waals surface area contributed by atoms with Gasteiger partial charge < -0.3 is 4.90 Å². The lowest BCUT2D eigenvalue weighted by molar-refractivity contribution is 0.100. The van der Waals surface area contributed by atoms with Crippen LogP contribution in [0.4, 0.5) is 5.69 Å².